The minimum Gasteiger partial charge on any atom is -0.497 e. The fourth-order valence-corrected chi connectivity index (χ4v) is 2.62. The van der Waals surface area contributed by atoms with E-state index in [4.69, 9.17) is 9.47 Å². The highest BCUT2D eigenvalue weighted by atomic mass is 16.5. The van der Waals surface area contributed by atoms with Crippen LogP contribution in [0.25, 0.3) is 0 Å². The lowest BCUT2D eigenvalue weighted by Crippen LogP contribution is -2.35. The third-order valence-electron chi connectivity index (χ3n) is 4.27. The maximum Gasteiger partial charge on any atom is 0.258 e. The molecule has 0 bridgehead atoms. The molecule has 2 rings (SSSR count). The first kappa shape index (κ1) is 19.6. The number of rotatable bonds is 7. The molecular formula is C20H26N2O4. The Kier molecular flexibility index (Phi) is 6.44. The van der Waals surface area contributed by atoms with E-state index in [1.807, 2.05) is 52.1 Å². The van der Waals surface area contributed by atoms with Gasteiger partial charge in [0.15, 0.2) is 12.4 Å². The van der Waals surface area contributed by atoms with Crippen molar-refractivity contribution in [3.63, 3.8) is 0 Å². The van der Waals surface area contributed by atoms with Crippen molar-refractivity contribution in [3.8, 4) is 11.5 Å². The fraction of sp³-hybridized carbons (Fsp3) is 0.400. The predicted molar refractivity (Wildman–Crippen MR) is 101 cm³/mol. The van der Waals surface area contributed by atoms with Crippen LogP contribution in [0.15, 0.2) is 41.3 Å². The van der Waals surface area contributed by atoms with Crippen LogP contribution in [-0.2, 0) is 11.8 Å². The Balaban J connectivity index is 2.04. The fourth-order valence-electron chi connectivity index (χ4n) is 2.62. The average Bonchev–Trinajstić information content (AvgIpc) is 2.61. The number of carbonyl (C=O) groups excluding carboxylic acids is 1. The lowest BCUT2D eigenvalue weighted by Gasteiger charge is -2.23. The zero-order chi connectivity index (χ0) is 19.3. The van der Waals surface area contributed by atoms with E-state index in [1.165, 1.54) is 6.07 Å². The molecule has 1 N–H and O–H groups in total. The summed E-state index contributed by atoms with van der Waals surface area (Å²) in [6.45, 7) is 5.69. The molecule has 2 aromatic rings. The van der Waals surface area contributed by atoms with E-state index in [0.29, 0.717) is 0 Å². The second kappa shape index (κ2) is 8.56. The van der Waals surface area contributed by atoms with Gasteiger partial charge in [-0.1, -0.05) is 26.0 Å². The number of aromatic nitrogens is 1. The number of hydrogen-bond acceptors (Lipinski definition) is 4. The Morgan fingerprint density at radius 1 is 1.23 bits per heavy atom. The molecule has 1 atom stereocenters. The molecule has 0 aliphatic rings. The number of amides is 1. The molecule has 0 fully saturated rings. The normalized spacial score (nSPS) is 11.9. The van der Waals surface area contributed by atoms with Crippen LogP contribution in [-0.4, -0.2) is 24.2 Å². The van der Waals surface area contributed by atoms with Crippen molar-refractivity contribution in [3.05, 3.63) is 58.0 Å². The molecule has 0 aliphatic heterocycles. The number of methoxy groups -OCH3 is 1. The molecule has 6 heteroatoms. The monoisotopic (exact) mass is 358 g/mol. The molecule has 0 saturated carbocycles. The molecule has 0 saturated heterocycles. The molecule has 1 aromatic carbocycles. The first-order valence-corrected chi connectivity index (χ1v) is 8.55. The van der Waals surface area contributed by atoms with E-state index in [1.54, 1.807) is 17.9 Å². The number of ether oxygens (including phenoxy) is 2. The van der Waals surface area contributed by atoms with Crippen LogP contribution in [0.5, 0.6) is 11.5 Å². The van der Waals surface area contributed by atoms with Gasteiger partial charge in [0.25, 0.3) is 5.91 Å². The first-order valence-electron chi connectivity index (χ1n) is 8.55. The van der Waals surface area contributed by atoms with E-state index >= 15 is 0 Å². The van der Waals surface area contributed by atoms with E-state index < -0.39 is 0 Å². The van der Waals surface area contributed by atoms with Crippen LogP contribution in [0.2, 0.25) is 0 Å². The lowest BCUT2D eigenvalue weighted by atomic mass is 9.96. The van der Waals surface area contributed by atoms with Gasteiger partial charge in [0, 0.05) is 25.0 Å². The maximum absolute atomic E-state index is 12.3. The molecule has 0 radical (unpaired) electrons. The van der Waals surface area contributed by atoms with E-state index in [2.05, 4.69) is 5.32 Å². The second-order valence-electron chi connectivity index (χ2n) is 6.61. The number of nitrogens with one attached hydrogen (secondary N) is 1. The molecule has 26 heavy (non-hydrogen) atoms. The Morgan fingerprint density at radius 2 is 1.88 bits per heavy atom. The summed E-state index contributed by atoms with van der Waals surface area (Å²) in [4.78, 5) is 24.3. The third-order valence-corrected chi connectivity index (χ3v) is 4.27. The summed E-state index contributed by atoms with van der Waals surface area (Å²) in [6, 6.07) is 8.92. The second-order valence-corrected chi connectivity index (χ2v) is 6.61. The van der Waals surface area contributed by atoms with Crippen molar-refractivity contribution < 1.29 is 14.3 Å². The standard InChI is InChI=1S/C20H26N2O4/c1-13(2)20(15-6-8-16(25-5)9-7-15)21-19(24)12-26-18-11-22(4)14(3)10-17(18)23/h6-11,13,20H,12H2,1-5H3,(H,21,24). The van der Waals surface area contributed by atoms with Crippen LogP contribution in [0, 0.1) is 12.8 Å². The largest absolute Gasteiger partial charge is 0.497 e. The third kappa shape index (κ3) is 4.88. The molecule has 1 amide bonds. The highest BCUT2D eigenvalue weighted by Gasteiger charge is 2.19. The van der Waals surface area contributed by atoms with Gasteiger partial charge in [-0.2, -0.15) is 0 Å². The van der Waals surface area contributed by atoms with Gasteiger partial charge in [0.05, 0.1) is 13.2 Å². The Labute approximate surface area is 153 Å². The van der Waals surface area contributed by atoms with Crippen molar-refractivity contribution in [1.29, 1.82) is 0 Å². The first-order chi connectivity index (χ1) is 12.3. The average molecular weight is 358 g/mol. The van der Waals surface area contributed by atoms with Crippen molar-refractivity contribution >= 4 is 5.91 Å². The van der Waals surface area contributed by atoms with Crippen LogP contribution in [0.3, 0.4) is 0 Å². The molecule has 6 nitrogen and oxygen atoms in total. The van der Waals surface area contributed by atoms with Crippen molar-refractivity contribution in [2.75, 3.05) is 13.7 Å². The topological polar surface area (TPSA) is 69.6 Å². The molecule has 140 valence electrons. The number of nitrogens with zero attached hydrogens (tertiary/aromatic N) is 1. The van der Waals surface area contributed by atoms with Gasteiger partial charge in [0.1, 0.15) is 5.75 Å². The minimum absolute atomic E-state index is 0.155. The Morgan fingerprint density at radius 3 is 2.46 bits per heavy atom. The van der Waals surface area contributed by atoms with Crippen LogP contribution in [0.1, 0.15) is 31.1 Å². The quantitative estimate of drug-likeness (QED) is 0.826. The maximum atomic E-state index is 12.3. The van der Waals surface area contributed by atoms with Crippen molar-refractivity contribution in [2.24, 2.45) is 13.0 Å². The smallest absolute Gasteiger partial charge is 0.258 e. The number of carbonyl (C=O) groups is 1. The van der Waals surface area contributed by atoms with Crippen LogP contribution < -0.4 is 20.2 Å². The minimum atomic E-state index is -0.276. The van der Waals surface area contributed by atoms with Gasteiger partial charge in [0.2, 0.25) is 5.43 Å². The molecule has 1 aromatic heterocycles. The number of benzene rings is 1. The summed E-state index contributed by atoms with van der Waals surface area (Å²) in [6.07, 6.45) is 1.59. The van der Waals surface area contributed by atoms with E-state index in [-0.39, 0.29) is 35.7 Å². The SMILES string of the molecule is COc1ccc(C(NC(=O)COc2cn(C)c(C)cc2=O)C(C)C)cc1. The van der Waals surface area contributed by atoms with Gasteiger partial charge in [-0.25, -0.2) is 0 Å². The van der Waals surface area contributed by atoms with Gasteiger partial charge < -0.3 is 19.4 Å². The number of aryl methyl sites for hydroxylation is 2. The van der Waals surface area contributed by atoms with Crippen molar-refractivity contribution in [2.45, 2.75) is 26.8 Å². The zero-order valence-electron chi connectivity index (χ0n) is 15.9. The van der Waals surface area contributed by atoms with Gasteiger partial charge >= 0.3 is 0 Å². The molecule has 1 heterocycles. The Hall–Kier alpha value is -2.76. The number of hydrogen-bond donors (Lipinski definition) is 1. The molecular weight excluding hydrogens is 332 g/mol. The van der Waals surface area contributed by atoms with Gasteiger partial charge in [-0.05, 0) is 30.5 Å². The zero-order valence-corrected chi connectivity index (χ0v) is 15.9. The Bertz CT molecular complexity index is 810. The van der Waals surface area contributed by atoms with E-state index in [9.17, 15) is 9.59 Å². The highest BCUT2D eigenvalue weighted by Crippen LogP contribution is 2.23. The lowest BCUT2D eigenvalue weighted by molar-refractivity contribution is -0.124. The number of pyridine rings is 1. The highest BCUT2D eigenvalue weighted by molar-refractivity contribution is 5.78. The molecule has 0 aliphatic carbocycles. The summed E-state index contributed by atoms with van der Waals surface area (Å²) in [5.74, 6) is 0.849. The van der Waals surface area contributed by atoms with Crippen LogP contribution in [0.4, 0.5) is 0 Å². The van der Waals surface area contributed by atoms with Gasteiger partial charge in [-0.3, -0.25) is 9.59 Å². The summed E-state index contributed by atoms with van der Waals surface area (Å²) in [7, 11) is 3.43. The van der Waals surface area contributed by atoms with Crippen molar-refractivity contribution in [1.82, 2.24) is 9.88 Å². The van der Waals surface area contributed by atoms with Gasteiger partial charge in [-0.15, -0.1) is 0 Å². The van der Waals surface area contributed by atoms with E-state index in [0.717, 1.165) is 17.0 Å². The van der Waals surface area contributed by atoms with Crippen LogP contribution >= 0.6 is 0 Å². The summed E-state index contributed by atoms with van der Waals surface area (Å²) >= 11 is 0. The molecule has 1 unspecified atom stereocenters. The summed E-state index contributed by atoms with van der Waals surface area (Å²) < 4.78 is 12.4. The summed E-state index contributed by atoms with van der Waals surface area (Å²) in [5, 5.41) is 2.97. The predicted octanol–water partition coefficient (Wildman–Crippen LogP) is 2.59. The molecule has 0 spiro atoms. The summed E-state index contributed by atoms with van der Waals surface area (Å²) in [5.41, 5.74) is 1.58.